The summed E-state index contributed by atoms with van der Waals surface area (Å²) in [6.45, 7) is 9.02. The van der Waals surface area contributed by atoms with Gasteiger partial charge in [0.15, 0.2) is 0 Å². The van der Waals surface area contributed by atoms with Crippen molar-refractivity contribution in [2.24, 2.45) is 5.73 Å². The molecule has 0 aromatic rings. The van der Waals surface area contributed by atoms with E-state index in [1.165, 1.54) is 0 Å². The van der Waals surface area contributed by atoms with Gasteiger partial charge in [-0.15, -0.1) is 0 Å². The number of rotatable bonds is 8. The van der Waals surface area contributed by atoms with Crippen molar-refractivity contribution in [2.45, 2.75) is 51.3 Å². The van der Waals surface area contributed by atoms with Gasteiger partial charge in [0.25, 0.3) is 0 Å². The topological polar surface area (TPSA) is 55.1 Å². The predicted octanol–water partition coefficient (Wildman–Crippen LogP) is 1.76. The van der Waals surface area contributed by atoms with Gasteiger partial charge in [-0.3, -0.25) is 4.79 Å². The molecule has 0 aliphatic heterocycles. The Bertz CT molecular complexity index is 197. The lowest BCUT2D eigenvalue weighted by molar-refractivity contribution is -0.124. The summed E-state index contributed by atoms with van der Waals surface area (Å²) in [7, 11) is 0. The summed E-state index contributed by atoms with van der Waals surface area (Å²) < 4.78 is 0. The molecule has 1 atom stereocenters. The van der Waals surface area contributed by atoms with Gasteiger partial charge in [0.1, 0.15) is 0 Å². The smallest absolute Gasteiger partial charge is 0.237 e. The molecule has 1 unspecified atom stereocenters. The van der Waals surface area contributed by atoms with Crippen LogP contribution in [-0.4, -0.2) is 29.0 Å². The van der Waals surface area contributed by atoms with Crippen molar-refractivity contribution in [3.63, 3.8) is 0 Å². The number of hydrogen-bond donors (Lipinski definition) is 2. The lowest BCUT2D eigenvalue weighted by Crippen LogP contribution is -2.53. The van der Waals surface area contributed by atoms with E-state index < -0.39 is 5.54 Å². The summed E-state index contributed by atoms with van der Waals surface area (Å²) in [5.41, 5.74) is 4.86. The minimum atomic E-state index is -0.535. The number of thioether (sulfide) groups is 1. The lowest BCUT2D eigenvalue weighted by Gasteiger charge is -2.26. The first-order chi connectivity index (χ1) is 6.92. The molecule has 90 valence electrons. The molecular formula is C11H24N2OS. The number of nitrogens with one attached hydrogen (secondary N) is 1. The van der Waals surface area contributed by atoms with E-state index in [1.54, 1.807) is 0 Å². The molecule has 0 aromatic carbocycles. The fourth-order valence-corrected chi connectivity index (χ4v) is 2.22. The van der Waals surface area contributed by atoms with Crippen LogP contribution < -0.4 is 11.1 Å². The van der Waals surface area contributed by atoms with Crippen LogP contribution in [0.3, 0.4) is 0 Å². The molecule has 4 heteroatoms. The van der Waals surface area contributed by atoms with Crippen LogP contribution in [0.1, 0.15) is 40.5 Å². The van der Waals surface area contributed by atoms with Crippen LogP contribution in [0.5, 0.6) is 0 Å². The summed E-state index contributed by atoms with van der Waals surface area (Å²) in [5.74, 6) is 0.838. The molecule has 0 aromatic heterocycles. The number of hydrogen-bond acceptors (Lipinski definition) is 3. The summed E-state index contributed by atoms with van der Waals surface area (Å²) >= 11 is 1.92. The standard InChI is InChI=1S/C11H24N2OS/c1-5-13-11(4,10(12)14)7-6-8-15-9(2)3/h9,13H,5-8H2,1-4H3,(H2,12,14). The zero-order valence-corrected chi connectivity index (χ0v) is 11.1. The lowest BCUT2D eigenvalue weighted by atomic mass is 9.95. The summed E-state index contributed by atoms with van der Waals surface area (Å²) in [6.07, 6.45) is 1.84. The Morgan fingerprint density at radius 3 is 2.53 bits per heavy atom. The fourth-order valence-electron chi connectivity index (χ4n) is 1.43. The summed E-state index contributed by atoms with van der Waals surface area (Å²) in [5, 5.41) is 3.82. The van der Waals surface area contributed by atoms with Crippen LogP contribution in [0.4, 0.5) is 0 Å². The molecule has 0 aliphatic rings. The first-order valence-electron chi connectivity index (χ1n) is 5.59. The van der Waals surface area contributed by atoms with E-state index in [0.717, 1.165) is 25.1 Å². The Hall–Kier alpha value is -0.220. The quantitative estimate of drug-likeness (QED) is 0.627. The third-order valence-corrected chi connectivity index (χ3v) is 3.57. The zero-order chi connectivity index (χ0) is 11.9. The van der Waals surface area contributed by atoms with Gasteiger partial charge in [-0.1, -0.05) is 20.8 Å². The van der Waals surface area contributed by atoms with Crippen LogP contribution >= 0.6 is 11.8 Å². The molecule has 0 bridgehead atoms. The van der Waals surface area contributed by atoms with Crippen molar-refractivity contribution in [3.8, 4) is 0 Å². The van der Waals surface area contributed by atoms with Gasteiger partial charge >= 0.3 is 0 Å². The Morgan fingerprint density at radius 2 is 2.13 bits per heavy atom. The van der Waals surface area contributed by atoms with Crippen molar-refractivity contribution >= 4 is 17.7 Å². The Labute approximate surface area is 97.6 Å². The minimum absolute atomic E-state index is 0.251. The molecular weight excluding hydrogens is 208 g/mol. The van der Waals surface area contributed by atoms with Gasteiger partial charge < -0.3 is 11.1 Å². The van der Waals surface area contributed by atoms with Crippen LogP contribution in [-0.2, 0) is 4.79 Å². The number of carbonyl (C=O) groups excluding carboxylic acids is 1. The van der Waals surface area contributed by atoms with Crippen LogP contribution in [0.15, 0.2) is 0 Å². The largest absolute Gasteiger partial charge is 0.368 e. The van der Waals surface area contributed by atoms with Crippen molar-refractivity contribution in [2.75, 3.05) is 12.3 Å². The van der Waals surface area contributed by atoms with Crippen molar-refractivity contribution in [1.29, 1.82) is 0 Å². The number of nitrogens with two attached hydrogens (primary N) is 1. The molecule has 3 N–H and O–H groups in total. The predicted molar refractivity (Wildman–Crippen MR) is 68.1 cm³/mol. The number of carbonyl (C=O) groups is 1. The molecule has 0 saturated heterocycles. The highest BCUT2D eigenvalue weighted by atomic mass is 32.2. The molecule has 0 radical (unpaired) electrons. The second kappa shape index (κ2) is 7.12. The van der Waals surface area contributed by atoms with E-state index in [4.69, 9.17) is 5.73 Å². The van der Waals surface area contributed by atoms with Gasteiger partial charge in [0.05, 0.1) is 5.54 Å². The molecule has 0 heterocycles. The van der Waals surface area contributed by atoms with Crippen LogP contribution in [0.2, 0.25) is 0 Å². The first-order valence-corrected chi connectivity index (χ1v) is 6.63. The second-order valence-corrected chi connectivity index (χ2v) is 5.93. The SMILES string of the molecule is CCNC(C)(CCCSC(C)C)C(N)=O. The maximum atomic E-state index is 11.3. The highest BCUT2D eigenvalue weighted by Crippen LogP contribution is 2.17. The van der Waals surface area contributed by atoms with Gasteiger partial charge in [-0.2, -0.15) is 11.8 Å². The van der Waals surface area contributed by atoms with E-state index >= 15 is 0 Å². The van der Waals surface area contributed by atoms with Crippen molar-refractivity contribution in [1.82, 2.24) is 5.32 Å². The molecule has 0 spiro atoms. The van der Waals surface area contributed by atoms with E-state index in [2.05, 4.69) is 19.2 Å². The molecule has 0 rings (SSSR count). The average molecular weight is 232 g/mol. The second-order valence-electron chi connectivity index (χ2n) is 4.25. The summed E-state index contributed by atoms with van der Waals surface area (Å²) in [4.78, 5) is 11.3. The van der Waals surface area contributed by atoms with Crippen molar-refractivity contribution in [3.05, 3.63) is 0 Å². The monoisotopic (exact) mass is 232 g/mol. The Balaban J connectivity index is 3.92. The molecule has 0 fully saturated rings. The highest BCUT2D eigenvalue weighted by Gasteiger charge is 2.28. The van der Waals surface area contributed by atoms with Crippen LogP contribution in [0, 0.1) is 0 Å². The first kappa shape index (κ1) is 14.8. The van der Waals surface area contributed by atoms with E-state index in [-0.39, 0.29) is 5.91 Å². The third-order valence-electron chi connectivity index (χ3n) is 2.38. The minimum Gasteiger partial charge on any atom is -0.368 e. The normalized spacial score (nSPS) is 15.3. The van der Waals surface area contributed by atoms with Gasteiger partial charge in [-0.05, 0) is 37.3 Å². The Morgan fingerprint density at radius 1 is 1.53 bits per heavy atom. The van der Waals surface area contributed by atoms with Gasteiger partial charge in [0.2, 0.25) is 5.91 Å². The van der Waals surface area contributed by atoms with E-state index in [1.807, 2.05) is 25.6 Å². The maximum Gasteiger partial charge on any atom is 0.237 e. The zero-order valence-electron chi connectivity index (χ0n) is 10.3. The van der Waals surface area contributed by atoms with E-state index in [0.29, 0.717) is 5.25 Å². The molecule has 0 saturated carbocycles. The average Bonchev–Trinajstić information content (AvgIpc) is 2.12. The van der Waals surface area contributed by atoms with E-state index in [9.17, 15) is 4.79 Å². The summed E-state index contributed by atoms with van der Waals surface area (Å²) in [6, 6.07) is 0. The van der Waals surface area contributed by atoms with Gasteiger partial charge in [-0.25, -0.2) is 0 Å². The number of primary amides is 1. The fraction of sp³-hybridized carbons (Fsp3) is 0.909. The molecule has 15 heavy (non-hydrogen) atoms. The highest BCUT2D eigenvalue weighted by molar-refractivity contribution is 7.99. The molecule has 0 aliphatic carbocycles. The Kier molecular flexibility index (Phi) is 7.02. The van der Waals surface area contributed by atoms with Crippen molar-refractivity contribution < 1.29 is 4.79 Å². The van der Waals surface area contributed by atoms with Gasteiger partial charge in [0, 0.05) is 0 Å². The number of likely N-dealkylation sites (N-methyl/N-ethyl adjacent to an activating group) is 1. The van der Waals surface area contributed by atoms with Crippen LogP contribution in [0.25, 0.3) is 0 Å². The number of amides is 1. The third kappa shape index (κ3) is 6.05. The molecule has 3 nitrogen and oxygen atoms in total. The maximum absolute atomic E-state index is 11.3. The molecule has 1 amide bonds.